The molecule has 0 spiro atoms. The van der Waals surface area contributed by atoms with Crippen molar-refractivity contribution in [3.8, 4) is 0 Å². The van der Waals surface area contributed by atoms with E-state index in [4.69, 9.17) is 0 Å². The third-order valence-corrected chi connectivity index (χ3v) is 2.82. The summed E-state index contributed by atoms with van der Waals surface area (Å²) in [6.45, 7) is 0.992. The average molecular weight is 319 g/mol. The zero-order valence-electron chi connectivity index (χ0n) is 9.34. The minimum absolute atomic E-state index is 0.00931. The van der Waals surface area contributed by atoms with Crippen LogP contribution in [0.2, 0.25) is 0 Å². The van der Waals surface area contributed by atoms with Gasteiger partial charge in [-0.25, -0.2) is 8.78 Å². The molecule has 1 aliphatic heterocycles. The quantitative estimate of drug-likeness (QED) is 0.871. The van der Waals surface area contributed by atoms with Gasteiger partial charge in [0.25, 0.3) is 12.3 Å². The molecule has 96 valence electrons. The molecule has 1 aliphatic rings. The topological polar surface area (TPSA) is 50.7 Å². The SMILES string of the molecule is Cc1cc(Br)cc2c1NC(=O)/C2=N\OCC(F)F. The highest BCUT2D eigenvalue weighted by Gasteiger charge is 2.28. The molecule has 0 fully saturated rings. The summed E-state index contributed by atoms with van der Waals surface area (Å²) in [6.07, 6.45) is -2.62. The Labute approximate surface area is 110 Å². The molecule has 1 aromatic carbocycles. The second-order valence-electron chi connectivity index (χ2n) is 3.73. The molecule has 4 nitrogen and oxygen atoms in total. The van der Waals surface area contributed by atoms with E-state index in [0.29, 0.717) is 11.3 Å². The first-order valence-electron chi connectivity index (χ1n) is 5.09. The van der Waals surface area contributed by atoms with Gasteiger partial charge < -0.3 is 10.2 Å². The predicted octanol–water partition coefficient (Wildman–Crippen LogP) is 2.70. The summed E-state index contributed by atoms with van der Waals surface area (Å²) in [7, 11) is 0. The number of benzene rings is 1. The van der Waals surface area contributed by atoms with Crippen LogP contribution in [0.25, 0.3) is 0 Å². The smallest absolute Gasteiger partial charge is 0.278 e. The fraction of sp³-hybridized carbons (Fsp3) is 0.273. The van der Waals surface area contributed by atoms with Crippen LogP contribution in [-0.4, -0.2) is 24.7 Å². The molecule has 0 unspecified atom stereocenters. The molecule has 1 N–H and O–H groups in total. The number of rotatable bonds is 3. The molecular formula is C11H9BrF2N2O2. The Hall–Kier alpha value is -1.50. The number of carbonyl (C=O) groups excluding carboxylic acids is 1. The number of nitrogens with zero attached hydrogens (tertiary/aromatic N) is 1. The van der Waals surface area contributed by atoms with Crippen molar-refractivity contribution in [1.29, 1.82) is 0 Å². The molecular weight excluding hydrogens is 310 g/mol. The predicted molar refractivity (Wildman–Crippen MR) is 66.0 cm³/mol. The fourth-order valence-corrected chi connectivity index (χ4v) is 2.21. The van der Waals surface area contributed by atoms with Gasteiger partial charge in [0.15, 0.2) is 12.3 Å². The van der Waals surface area contributed by atoms with Gasteiger partial charge in [-0.1, -0.05) is 21.1 Å². The number of alkyl halides is 2. The van der Waals surface area contributed by atoms with Crippen molar-refractivity contribution in [3.05, 3.63) is 27.7 Å². The van der Waals surface area contributed by atoms with Gasteiger partial charge in [-0.15, -0.1) is 0 Å². The average Bonchev–Trinajstić information content (AvgIpc) is 2.56. The summed E-state index contributed by atoms with van der Waals surface area (Å²) in [5, 5.41) is 6.09. The number of fused-ring (bicyclic) bond motifs is 1. The Morgan fingerprint density at radius 2 is 2.22 bits per heavy atom. The van der Waals surface area contributed by atoms with E-state index in [-0.39, 0.29) is 5.71 Å². The van der Waals surface area contributed by atoms with Gasteiger partial charge in [0.2, 0.25) is 0 Å². The van der Waals surface area contributed by atoms with Gasteiger partial charge in [-0.05, 0) is 24.6 Å². The fourth-order valence-electron chi connectivity index (χ4n) is 1.64. The molecule has 0 saturated heterocycles. The van der Waals surface area contributed by atoms with E-state index < -0.39 is 18.9 Å². The summed E-state index contributed by atoms with van der Waals surface area (Å²) < 4.78 is 24.6. The van der Waals surface area contributed by atoms with Crippen molar-refractivity contribution >= 4 is 33.2 Å². The molecule has 0 saturated carbocycles. The Morgan fingerprint density at radius 1 is 1.50 bits per heavy atom. The van der Waals surface area contributed by atoms with Crippen LogP contribution in [-0.2, 0) is 9.63 Å². The van der Waals surface area contributed by atoms with Crippen LogP contribution in [0.15, 0.2) is 21.8 Å². The van der Waals surface area contributed by atoms with Crippen LogP contribution < -0.4 is 5.32 Å². The lowest BCUT2D eigenvalue weighted by atomic mass is 10.1. The van der Waals surface area contributed by atoms with Crippen LogP contribution in [0.4, 0.5) is 14.5 Å². The van der Waals surface area contributed by atoms with Crippen molar-refractivity contribution in [1.82, 2.24) is 0 Å². The normalized spacial score (nSPS) is 16.1. The first-order chi connectivity index (χ1) is 8.49. The van der Waals surface area contributed by atoms with E-state index in [2.05, 4.69) is 31.2 Å². The lowest BCUT2D eigenvalue weighted by Gasteiger charge is -2.03. The molecule has 18 heavy (non-hydrogen) atoms. The van der Waals surface area contributed by atoms with Crippen LogP contribution >= 0.6 is 15.9 Å². The number of halogens is 3. The molecule has 0 atom stereocenters. The Bertz CT molecular complexity index is 532. The van der Waals surface area contributed by atoms with E-state index in [9.17, 15) is 13.6 Å². The second kappa shape index (κ2) is 5.01. The molecule has 1 heterocycles. The number of anilines is 1. The number of carbonyl (C=O) groups is 1. The summed E-state index contributed by atoms with van der Waals surface area (Å²) >= 11 is 3.30. The Kier molecular flexibility index (Phi) is 3.60. The maximum atomic E-state index is 11.9. The summed E-state index contributed by atoms with van der Waals surface area (Å²) in [6, 6.07) is 3.52. The third-order valence-electron chi connectivity index (χ3n) is 2.37. The summed E-state index contributed by atoms with van der Waals surface area (Å²) in [5.41, 5.74) is 2.03. The molecule has 2 rings (SSSR count). The van der Waals surface area contributed by atoms with Crippen molar-refractivity contribution < 1.29 is 18.4 Å². The molecule has 1 aromatic rings. The largest absolute Gasteiger partial charge is 0.389 e. The highest BCUT2D eigenvalue weighted by molar-refractivity contribution is 9.10. The second-order valence-corrected chi connectivity index (χ2v) is 4.64. The van der Waals surface area contributed by atoms with Gasteiger partial charge in [0.1, 0.15) is 0 Å². The van der Waals surface area contributed by atoms with E-state index in [1.807, 2.05) is 13.0 Å². The summed E-state index contributed by atoms with van der Waals surface area (Å²) in [5.74, 6) is -0.458. The Morgan fingerprint density at radius 3 is 2.89 bits per heavy atom. The Balaban J connectivity index is 2.33. The van der Waals surface area contributed by atoms with E-state index >= 15 is 0 Å². The molecule has 0 radical (unpaired) electrons. The van der Waals surface area contributed by atoms with Crippen molar-refractivity contribution in [2.75, 3.05) is 11.9 Å². The van der Waals surface area contributed by atoms with Crippen LogP contribution in [0.3, 0.4) is 0 Å². The maximum absolute atomic E-state index is 11.9. The first kappa shape index (κ1) is 12.9. The minimum Gasteiger partial charge on any atom is -0.389 e. The monoisotopic (exact) mass is 318 g/mol. The van der Waals surface area contributed by atoms with Gasteiger partial charge in [-0.3, -0.25) is 4.79 Å². The van der Waals surface area contributed by atoms with Crippen molar-refractivity contribution in [3.63, 3.8) is 0 Å². The highest BCUT2D eigenvalue weighted by atomic mass is 79.9. The minimum atomic E-state index is -2.62. The number of amides is 1. The standard InChI is InChI=1S/C11H9BrF2N2O2/c1-5-2-6(12)3-7-9(5)15-11(17)10(7)16-18-4-8(13)14/h2-3,8H,4H2,1H3,(H,15,16,17). The van der Waals surface area contributed by atoms with Crippen LogP contribution in [0.5, 0.6) is 0 Å². The number of nitrogens with one attached hydrogen (secondary N) is 1. The number of oxime groups is 1. The van der Waals surface area contributed by atoms with Crippen molar-refractivity contribution in [2.45, 2.75) is 13.3 Å². The van der Waals surface area contributed by atoms with Gasteiger partial charge in [0, 0.05) is 10.0 Å². The van der Waals surface area contributed by atoms with Gasteiger partial charge >= 0.3 is 0 Å². The lowest BCUT2D eigenvalue weighted by molar-refractivity contribution is -0.110. The molecule has 1 amide bonds. The first-order valence-corrected chi connectivity index (χ1v) is 5.88. The molecule has 7 heteroatoms. The van der Waals surface area contributed by atoms with Gasteiger partial charge in [0.05, 0.1) is 5.69 Å². The van der Waals surface area contributed by atoms with Gasteiger partial charge in [-0.2, -0.15) is 0 Å². The highest BCUT2D eigenvalue weighted by Crippen LogP contribution is 2.30. The molecule has 0 bridgehead atoms. The molecule has 0 aliphatic carbocycles. The zero-order chi connectivity index (χ0) is 13.3. The number of hydrogen-bond donors (Lipinski definition) is 1. The maximum Gasteiger partial charge on any atom is 0.278 e. The van der Waals surface area contributed by atoms with Crippen LogP contribution in [0.1, 0.15) is 11.1 Å². The molecule has 0 aromatic heterocycles. The lowest BCUT2D eigenvalue weighted by Crippen LogP contribution is -2.15. The zero-order valence-corrected chi connectivity index (χ0v) is 10.9. The van der Waals surface area contributed by atoms with Crippen LogP contribution in [0, 0.1) is 6.92 Å². The number of aryl methyl sites for hydroxylation is 1. The summed E-state index contributed by atoms with van der Waals surface area (Å²) in [4.78, 5) is 16.1. The van der Waals surface area contributed by atoms with Crippen molar-refractivity contribution in [2.24, 2.45) is 5.16 Å². The van der Waals surface area contributed by atoms with E-state index in [1.54, 1.807) is 6.07 Å². The van der Waals surface area contributed by atoms with E-state index in [1.165, 1.54) is 0 Å². The third kappa shape index (κ3) is 2.50. The van der Waals surface area contributed by atoms with E-state index in [0.717, 1.165) is 10.0 Å². The number of hydrogen-bond acceptors (Lipinski definition) is 3.